The minimum atomic E-state index is -0.571. The minimum Gasteiger partial charge on any atom is -0.458 e. The molecule has 10 heteroatoms. The van der Waals surface area contributed by atoms with Crippen molar-refractivity contribution in [3.05, 3.63) is 30.1 Å². The highest BCUT2D eigenvalue weighted by atomic mass is 16.6. The number of ether oxygens (including phenoxy) is 2. The van der Waals surface area contributed by atoms with Gasteiger partial charge in [0, 0.05) is 45.4 Å². The summed E-state index contributed by atoms with van der Waals surface area (Å²) in [5.41, 5.74) is 0.225. The van der Waals surface area contributed by atoms with Crippen molar-refractivity contribution in [2.75, 3.05) is 33.4 Å². The van der Waals surface area contributed by atoms with Crippen LogP contribution in [0.4, 0.5) is 0 Å². The van der Waals surface area contributed by atoms with Gasteiger partial charge in [0.05, 0.1) is 18.6 Å². The van der Waals surface area contributed by atoms with Gasteiger partial charge in [-0.25, -0.2) is 4.79 Å². The van der Waals surface area contributed by atoms with E-state index >= 15 is 0 Å². The fraction of sp³-hybridized carbons (Fsp3) is 0.591. The van der Waals surface area contributed by atoms with Crippen molar-refractivity contribution < 1.29 is 28.7 Å². The zero-order chi connectivity index (χ0) is 23.7. The smallest absolute Gasteiger partial charge is 0.332 e. The maximum absolute atomic E-state index is 12.7. The second-order valence-corrected chi connectivity index (χ2v) is 8.58. The van der Waals surface area contributed by atoms with Crippen LogP contribution in [-0.4, -0.2) is 72.5 Å². The molecule has 2 atom stereocenters. The lowest BCUT2D eigenvalue weighted by Crippen LogP contribution is -2.37. The van der Waals surface area contributed by atoms with Crippen LogP contribution >= 0.6 is 0 Å². The third-order valence-electron chi connectivity index (χ3n) is 4.81. The molecule has 176 valence electrons. The third kappa shape index (κ3) is 7.92. The summed E-state index contributed by atoms with van der Waals surface area (Å²) in [5.74, 6) is -1.64. The van der Waals surface area contributed by atoms with Crippen LogP contribution in [0.2, 0.25) is 0 Å². The van der Waals surface area contributed by atoms with Crippen molar-refractivity contribution in [3.8, 4) is 0 Å². The van der Waals surface area contributed by atoms with Gasteiger partial charge in [-0.05, 0) is 32.4 Å². The van der Waals surface area contributed by atoms with Gasteiger partial charge in [-0.3, -0.25) is 19.4 Å². The number of likely N-dealkylation sites (tertiary alicyclic amines) is 1. The predicted molar refractivity (Wildman–Crippen MR) is 115 cm³/mol. The molecule has 3 amide bonds. The number of carbonyl (C=O) groups excluding carboxylic acids is 4. The molecule has 1 fully saturated rings. The molecule has 2 heterocycles. The molecule has 0 bridgehead atoms. The molecule has 0 aromatic carbocycles. The maximum Gasteiger partial charge on any atom is 0.332 e. The van der Waals surface area contributed by atoms with Crippen molar-refractivity contribution in [1.29, 1.82) is 0 Å². The Morgan fingerprint density at radius 3 is 2.62 bits per heavy atom. The summed E-state index contributed by atoms with van der Waals surface area (Å²) >= 11 is 0. The highest BCUT2D eigenvalue weighted by Crippen LogP contribution is 2.36. The van der Waals surface area contributed by atoms with E-state index in [2.05, 4.69) is 15.6 Å². The Morgan fingerprint density at radius 2 is 1.97 bits per heavy atom. The molecule has 2 N–H and O–H groups in total. The maximum atomic E-state index is 12.7. The summed E-state index contributed by atoms with van der Waals surface area (Å²) in [5, 5.41) is 5.40. The molecule has 0 spiro atoms. The van der Waals surface area contributed by atoms with Gasteiger partial charge in [-0.2, -0.15) is 0 Å². The Kier molecular flexibility index (Phi) is 9.13. The lowest BCUT2D eigenvalue weighted by Gasteiger charge is -2.24. The Bertz CT molecular complexity index is 808. The number of hydrogen-bond donors (Lipinski definition) is 2. The van der Waals surface area contributed by atoms with Gasteiger partial charge in [0.15, 0.2) is 0 Å². The molecule has 0 saturated carbocycles. The third-order valence-corrected chi connectivity index (χ3v) is 4.81. The van der Waals surface area contributed by atoms with Crippen molar-refractivity contribution in [2.45, 2.75) is 45.3 Å². The van der Waals surface area contributed by atoms with E-state index in [1.54, 1.807) is 51.2 Å². The van der Waals surface area contributed by atoms with Crippen molar-refractivity contribution >= 4 is 23.7 Å². The number of pyridine rings is 1. The van der Waals surface area contributed by atoms with Crippen molar-refractivity contribution in [2.24, 2.45) is 5.92 Å². The van der Waals surface area contributed by atoms with Crippen LogP contribution in [-0.2, 0) is 28.7 Å². The van der Waals surface area contributed by atoms with Crippen molar-refractivity contribution in [1.82, 2.24) is 20.5 Å². The molecule has 1 aliphatic rings. The summed E-state index contributed by atoms with van der Waals surface area (Å²) in [6.07, 6.45) is 3.49. The number of nitrogens with zero attached hydrogens (tertiary/aromatic N) is 2. The lowest BCUT2D eigenvalue weighted by molar-refractivity contribution is -0.160. The number of amides is 3. The highest BCUT2D eigenvalue weighted by Gasteiger charge is 2.42. The number of carbonyl (C=O) groups is 4. The second-order valence-electron chi connectivity index (χ2n) is 8.58. The average Bonchev–Trinajstić information content (AvgIpc) is 3.01. The summed E-state index contributed by atoms with van der Waals surface area (Å²) in [4.78, 5) is 53.9. The van der Waals surface area contributed by atoms with E-state index < -0.39 is 17.5 Å². The molecule has 0 radical (unpaired) electrons. The molecule has 2 rings (SSSR count). The fourth-order valence-corrected chi connectivity index (χ4v) is 3.42. The first-order valence-corrected chi connectivity index (χ1v) is 10.6. The quantitative estimate of drug-likeness (QED) is 0.396. The molecular weight excluding hydrogens is 416 g/mol. The van der Waals surface area contributed by atoms with Gasteiger partial charge in [0.1, 0.15) is 12.2 Å². The van der Waals surface area contributed by atoms with Crippen LogP contribution in [0.25, 0.3) is 0 Å². The molecule has 0 unspecified atom stereocenters. The first-order valence-electron chi connectivity index (χ1n) is 10.6. The lowest BCUT2D eigenvalue weighted by atomic mass is 9.94. The molecule has 32 heavy (non-hydrogen) atoms. The second kappa shape index (κ2) is 11.6. The molecule has 10 nitrogen and oxygen atoms in total. The predicted octanol–water partition coefficient (Wildman–Crippen LogP) is 0.582. The zero-order valence-corrected chi connectivity index (χ0v) is 19.1. The zero-order valence-electron chi connectivity index (χ0n) is 19.1. The summed E-state index contributed by atoms with van der Waals surface area (Å²) < 4.78 is 10.3. The van der Waals surface area contributed by atoms with Gasteiger partial charge in [-0.15, -0.1) is 0 Å². The van der Waals surface area contributed by atoms with Gasteiger partial charge in [0.2, 0.25) is 17.7 Å². The summed E-state index contributed by atoms with van der Waals surface area (Å²) in [7, 11) is 1.67. The van der Waals surface area contributed by atoms with E-state index in [4.69, 9.17) is 9.47 Å². The first-order chi connectivity index (χ1) is 15.1. The number of esters is 1. The molecule has 1 saturated heterocycles. The number of aromatic nitrogens is 1. The van der Waals surface area contributed by atoms with E-state index in [9.17, 15) is 19.2 Å². The summed E-state index contributed by atoms with van der Waals surface area (Å²) in [6.45, 7) is 5.68. The topological polar surface area (TPSA) is 127 Å². The normalized spacial score (nSPS) is 18.4. The fourth-order valence-electron chi connectivity index (χ4n) is 3.42. The van der Waals surface area contributed by atoms with Crippen LogP contribution in [0, 0.1) is 5.92 Å². The summed E-state index contributed by atoms with van der Waals surface area (Å²) in [6, 6.07) is 3.22. The van der Waals surface area contributed by atoms with Gasteiger partial charge < -0.3 is 25.0 Å². The van der Waals surface area contributed by atoms with Crippen LogP contribution < -0.4 is 10.6 Å². The number of rotatable bonds is 10. The van der Waals surface area contributed by atoms with Gasteiger partial charge in [0.25, 0.3) is 0 Å². The van der Waals surface area contributed by atoms with E-state index in [1.165, 1.54) is 0 Å². The molecule has 1 aromatic rings. The highest BCUT2D eigenvalue weighted by molar-refractivity contribution is 5.90. The molecule has 0 aliphatic carbocycles. The van der Waals surface area contributed by atoms with E-state index in [1.807, 2.05) is 6.07 Å². The van der Waals surface area contributed by atoms with E-state index in [0.29, 0.717) is 0 Å². The average molecular weight is 449 g/mol. The minimum absolute atomic E-state index is 0.0892. The number of hydrogen-bond acceptors (Lipinski definition) is 7. The van der Waals surface area contributed by atoms with E-state index in [0.717, 1.165) is 5.56 Å². The van der Waals surface area contributed by atoms with Crippen LogP contribution in [0.15, 0.2) is 24.5 Å². The first kappa shape index (κ1) is 25.3. The van der Waals surface area contributed by atoms with Crippen molar-refractivity contribution in [3.63, 3.8) is 0 Å². The van der Waals surface area contributed by atoms with Crippen LogP contribution in [0.5, 0.6) is 0 Å². The van der Waals surface area contributed by atoms with Crippen LogP contribution in [0.1, 0.15) is 45.2 Å². The Labute approximate surface area is 188 Å². The Balaban J connectivity index is 1.67. The molecule has 1 aliphatic heterocycles. The molecule has 1 aromatic heterocycles. The largest absolute Gasteiger partial charge is 0.458 e. The Hall–Kier alpha value is -3.01. The Morgan fingerprint density at radius 1 is 1.22 bits per heavy atom. The van der Waals surface area contributed by atoms with Gasteiger partial charge in [-0.1, -0.05) is 6.07 Å². The monoisotopic (exact) mass is 448 g/mol. The van der Waals surface area contributed by atoms with E-state index in [-0.39, 0.29) is 62.9 Å². The number of nitrogens with one attached hydrogen (secondary N) is 2. The molecular formula is C22H32N4O6. The standard InChI is InChI=1S/C22H32N4O6/c1-22(2,3)32-19(29)14-31-11-10-24-17(27)7-9-25-21(30)16-12-18(28)26(4)20(16)15-6-5-8-23-13-15/h5-6,8,13,16,20H,7,9-12,14H2,1-4H3,(H,24,27)(H,25,30)/t16-,20+/m0/s1. The van der Waals surface area contributed by atoms with Gasteiger partial charge >= 0.3 is 5.97 Å². The van der Waals surface area contributed by atoms with Crippen LogP contribution in [0.3, 0.4) is 0 Å². The SMILES string of the molecule is CN1C(=O)C[C@H](C(=O)NCCC(=O)NCCOCC(=O)OC(C)(C)C)[C@H]1c1cccnc1.